The first-order valence-electron chi connectivity index (χ1n) is 9.47. The van der Waals surface area contributed by atoms with Crippen LogP contribution in [-0.4, -0.2) is 89.0 Å². The molecule has 0 heterocycles. The van der Waals surface area contributed by atoms with Crippen LogP contribution in [0.4, 0.5) is 5.69 Å². The van der Waals surface area contributed by atoms with Gasteiger partial charge in [0.1, 0.15) is 12.6 Å². The smallest absolute Gasteiger partial charge is 0.480 e. The Hall–Kier alpha value is -2.80. The number of aliphatic carboxylic acids is 2. The van der Waals surface area contributed by atoms with Gasteiger partial charge in [0.05, 0.1) is 0 Å². The molecule has 0 aromatic heterocycles. The number of carboxylic acids is 2. The summed E-state index contributed by atoms with van der Waals surface area (Å²) in [6.07, 6.45) is -0.426. The quantitative estimate of drug-likeness (QED) is 0.117. The van der Waals surface area contributed by atoms with Gasteiger partial charge < -0.3 is 15.9 Å². The van der Waals surface area contributed by atoms with Gasteiger partial charge in [-0.2, -0.15) is 0 Å². The fraction of sp³-hybridized carbons (Fsp3) is 0.389. The molecule has 1 rings (SSSR count). The Morgan fingerprint density at radius 2 is 1.70 bits per heavy atom. The molecule has 0 radical (unpaired) electrons. The van der Waals surface area contributed by atoms with Gasteiger partial charge in [0.15, 0.2) is 0 Å². The van der Waals surface area contributed by atoms with Crippen molar-refractivity contribution in [3.8, 4) is 0 Å². The number of carbonyl (C=O) groups excluding carboxylic acids is 3. The van der Waals surface area contributed by atoms with Crippen molar-refractivity contribution < 1.29 is 42.0 Å². The molecular formula is C18H25AsN4O9S. The molecule has 0 aliphatic rings. The number of anilines is 1. The summed E-state index contributed by atoms with van der Waals surface area (Å²) in [6, 6.07) is 3.40. The van der Waals surface area contributed by atoms with Gasteiger partial charge in [-0.3, -0.25) is 14.4 Å². The Morgan fingerprint density at radius 3 is 2.24 bits per heavy atom. The number of rotatable bonds is 14. The molecule has 8 N–H and O–H groups in total. The van der Waals surface area contributed by atoms with Crippen LogP contribution in [0, 0.1) is 0 Å². The number of thioether (sulfide) groups is 1. The Kier molecular flexibility index (Phi) is 12.3. The molecule has 0 saturated carbocycles. The molecule has 0 aliphatic heterocycles. The third-order valence-corrected chi connectivity index (χ3v) is 6.77. The van der Waals surface area contributed by atoms with E-state index in [1.807, 2.05) is 0 Å². The van der Waals surface area contributed by atoms with Gasteiger partial charge in [0, 0.05) is 6.42 Å². The van der Waals surface area contributed by atoms with Crippen LogP contribution in [0.5, 0.6) is 0 Å². The first-order valence-corrected chi connectivity index (χ1v) is 13.5. The van der Waals surface area contributed by atoms with Gasteiger partial charge in [-0.25, -0.2) is 0 Å². The van der Waals surface area contributed by atoms with Crippen molar-refractivity contribution in [2.24, 2.45) is 5.73 Å². The van der Waals surface area contributed by atoms with Crippen molar-refractivity contribution in [2.75, 3.05) is 23.4 Å². The van der Waals surface area contributed by atoms with E-state index in [2.05, 4.69) is 16.0 Å². The fourth-order valence-electron chi connectivity index (χ4n) is 2.31. The number of amides is 3. The number of hydrogen-bond acceptors (Lipinski definition) is 8. The average Bonchev–Trinajstić information content (AvgIpc) is 2.75. The number of nitrogens with one attached hydrogen (secondary N) is 3. The summed E-state index contributed by atoms with van der Waals surface area (Å²) in [5, 5.41) is 24.6. The second kappa shape index (κ2) is 14.4. The Bertz CT molecular complexity index is 897. The summed E-state index contributed by atoms with van der Waals surface area (Å²) < 4.78 is 20.5. The second-order valence-corrected chi connectivity index (χ2v) is 10.2. The minimum atomic E-state index is -3.44. The molecule has 1 aromatic carbocycles. The summed E-state index contributed by atoms with van der Waals surface area (Å²) in [6.45, 7) is -0.669. The molecule has 0 bridgehead atoms. The van der Waals surface area contributed by atoms with E-state index in [0.29, 0.717) is 10.0 Å². The summed E-state index contributed by atoms with van der Waals surface area (Å²) in [5.74, 6) is -4.60. The standard InChI is InChI=1S/C18H25AsN4O9S/c20-12(18(29)30)5-6-14(24)23-13(17(28)21-7-16(26)27)8-33-9-15(25)22-11-3-1-10(2-4-11)19(31)32/h1-4,12-13,19H,5-9,20H2,(H,21,28)(H,22,25)(H,23,24)(H,26,27)(H,29,30)(H,31,32)/t12-,13-/m0/s1. The average molecular weight is 548 g/mol. The minimum absolute atomic E-state index is 0.0658. The van der Waals surface area contributed by atoms with E-state index in [1.165, 1.54) is 24.3 Å². The summed E-state index contributed by atoms with van der Waals surface area (Å²) in [5.41, 5.74) is 5.74. The van der Waals surface area contributed by atoms with E-state index in [4.69, 9.17) is 20.0 Å². The maximum absolute atomic E-state index is 12.2. The number of benzene rings is 1. The first kappa shape index (κ1) is 28.2. The fourth-order valence-corrected chi connectivity index (χ4v) is 4.10. The normalized spacial score (nSPS) is 13.3. The molecule has 0 saturated heterocycles. The van der Waals surface area contributed by atoms with Gasteiger partial charge in [0.25, 0.3) is 0 Å². The van der Waals surface area contributed by atoms with E-state index in [9.17, 15) is 27.7 Å². The molecule has 33 heavy (non-hydrogen) atoms. The van der Waals surface area contributed by atoms with Crippen LogP contribution >= 0.6 is 11.8 Å². The molecule has 3 amide bonds. The number of hydrogen-bond donors (Lipinski definition) is 7. The second-order valence-electron chi connectivity index (χ2n) is 6.66. The van der Waals surface area contributed by atoms with E-state index in [0.717, 1.165) is 11.8 Å². The maximum atomic E-state index is 12.2. The molecule has 0 fully saturated rings. The van der Waals surface area contributed by atoms with E-state index in [1.54, 1.807) is 0 Å². The number of nitrogens with two attached hydrogens (primary N) is 1. The van der Waals surface area contributed by atoms with Gasteiger partial charge in [-0.1, -0.05) is 0 Å². The Balaban J connectivity index is 2.60. The predicted molar refractivity (Wildman–Crippen MR) is 120 cm³/mol. The zero-order chi connectivity index (χ0) is 25.0. The zero-order valence-corrected chi connectivity index (χ0v) is 20.2. The summed E-state index contributed by atoms with van der Waals surface area (Å²) in [4.78, 5) is 57.8. The Morgan fingerprint density at radius 1 is 1.06 bits per heavy atom. The molecular weight excluding hydrogens is 523 g/mol. The zero-order valence-electron chi connectivity index (χ0n) is 17.3. The van der Waals surface area contributed by atoms with Crippen molar-refractivity contribution in [1.82, 2.24) is 10.6 Å². The summed E-state index contributed by atoms with van der Waals surface area (Å²) in [7, 11) is 0. The van der Waals surface area contributed by atoms with Crippen molar-refractivity contribution in [3.05, 3.63) is 24.3 Å². The monoisotopic (exact) mass is 548 g/mol. The summed E-state index contributed by atoms with van der Waals surface area (Å²) >= 11 is -2.44. The predicted octanol–water partition coefficient (Wildman–Crippen LogP) is -2.91. The molecule has 0 spiro atoms. The molecule has 1 unspecified atom stereocenters. The van der Waals surface area contributed by atoms with Crippen LogP contribution in [0.3, 0.4) is 0 Å². The van der Waals surface area contributed by atoms with Crippen LogP contribution in [0.25, 0.3) is 0 Å². The van der Waals surface area contributed by atoms with Gasteiger partial charge in [0.2, 0.25) is 0 Å². The number of carbonyl (C=O) groups is 5. The van der Waals surface area contributed by atoms with Crippen molar-refractivity contribution in [3.63, 3.8) is 0 Å². The van der Waals surface area contributed by atoms with Crippen LogP contribution < -0.4 is 26.0 Å². The van der Waals surface area contributed by atoms with Crippen LogP contribution in [0.1, 0.15) is 12.8 Å². The van der Waals surface area contributed by atoms with Gasteiger partial charge in [-0.05, 0) is 6.42 Å². The minimum Gasteiger partial charge on any atom is -0.480 e. The third kappa shape index (κ3) is 11.6. The van der Waals surface area contributed by atoms with Gasteiger partial charge in [-0.15, -0.1) is 0 Å². The molecule has 15 heteroatoms. The molecule has 1 aromatic rings. The van der Waals surface area contributed by atoms with E-state index in [-0.39, 0.29) is 24.3 Å². The van der Waals surface area contributed by atoms with Crippen molar-refractivity contribution in [1.29, 1.82) is 0 Å². The number of carboxylic acid groups (broad SMARTS) is 2. The third-order valence-electron chi connectivity index (χ3n) is 4.00. The Labute approximate surface area is 197 Å². The van der Waals surface area contributed by atoms with Crippen molar-refractivity contribution >= 4 is 66.4 Å². The molecule has 3 atom stereocenters. The van der Waals surface area contributed by atoms with Crippen LogP contribution in [-0.2, 0) is 27.7 Å². The van der Waals surface area contributed by atoms with E-state index >= 15 is 0 Å². The first-order chi connectivity index (χ1) is 15.5. The molecule has 0 aliphatic carbocycles. The van der Waals surface area contributed by atoms with Crippen molar-refractivity contribution in [2.45, 2.75) is 24.9 Å². The molecule has 13 nitrogen and oxygen atoms in total. The van der Waals surface area contributed by atoms with E-state index < -0.39 is 63.2 Å². The SMILES string of the molecule is N[C@@H](CCC(=O)N[C@@H](CSCC(=O)Nc1ccc([AsH](=O)O)cc1)C(=O)NCC(=O)O)C(=O)O. The van der Waals surface area contributed by atoms with Crippen LogP contribution in [0.15, 0.2) is 24.3 Å². The molecule has 182 valence electrons. The topological polar surface area (TPSA) is 225 Å². The van der Waals surface area contributed by atoms with Crippen LogP contribution in [0.2, 0.25) is 0 Å². The van der Waals surface area contributed by atoms with Gasteiger partial charge >= 0.3 is 142 Å².